The molecule has 0 aromatic heterocycles. The minimum atomic E-state index is -3.45. The van der Waals surface area contributed by atoms with Crippen molar-refractivity contribution in [1.82, 2.24) is 0 Å². The van der Waals surface area contributed by atoms with E-state index >= 15 is 0 Å². The van der Waals surface area contributed by atoms with Gasteiger partial charge in [0.1, 0.15) is 11.0 Å². The molecule has 0 aromatic carbocycles. The first-order valence-electron chi connectivity index (χ1n) is 2.98. The van der Waals surface area contributed by atoms with Crippen LogP contribution in [-0.2, 0) is 20.8 Å². The molecule has 0 aromatic rings. The molecule has 0 aliphatic carbocycles. The van der Waals surface area contributed by atoms with Crippen LogP contribution in [0, 0.1) is 0 Å². The lowest BCUT2D eigenvalue weighted by atomic mass is 10.4. The minimum absolute atomic E-state index is 0.0144. The Morgan fingerprint density at radius 1 is 1.55 bits per heavy atom. The van der Waals surface area contributed by atoms with Gasteiger partial charge in [-0.25, -0.2) is 17.8 Å². The summed E-state index contributed by atoms with van der Waals surface area (Å²) in [6, 6.07) is 0. The summed E-state index contributed by atoms with van der Waals surface area (Å²) < 4.78 is 31.3. The van der Waals surface area contributed by atoms with Crippen molar-refractivity contribution in [3.8, 4) is 0 Å². The van der Waals surface area contributed by atoms with Crippen molar-refractivity contribution in [2.24, 2.45) is 5.14 Å². The number of halogens is 1. The van der Waals surface area contributed by atoms with Gasteiger partial charge in [-0.3, -0.25) is 0 Å². The first kappa shape index (κ1) is 9.44. The first-order chi connectivity index (χ1) is 4.90. The SMILES string of the molecule is NS(=O)C1(Cl)CCCS1(=O)=O. The predicted molar refractivity (Wildman–Crippen MR) is 43.9 cm³/mol. The molecule has 1 rings (SSSR count). The van der Waals surface area contributed by atoms with Gasteiger partial charge in [0, 0.05) is 0 Å². The summed E-state index contributed by atoms with van der Waals surface area (Å²) in [7, 11) is -5.44. The number of rotatable bonds is 1. The largest absolute Gasteiger partial charge is 0.249 e. The van der Waals surface area contributed by atoms with Crippen molar-refractivity contribution in [2.75, 3.05) is 5.75 Å². The third-order valence-corrected chi connectivity index (χ3v) is 7.02. The Labute approximate surface area is 72.6 Å². The van der Waals surface area contributed by atoms with Crippen molar-refractivity contribution >= 4 is 32.4 Å². The Hall–Kier alpha value is 0.350. The summed E-state index contributed by atoms with van der Waals surface area (Å²) in [5.74, 6) is -0.0144. The fourth-order valence-electron chi connectivity index (χ4n) is 1.01. The van der Waals surface area contributed by atoms with E-state index in [1.165, 1.54) is 0 Å². The number of alkyl halides is 1. The van der Waals surface area contributed by atoms with Gasteiger partial charge in [-0.2, -0.15) is 0 Å². The van der Waals surface area contributed by atoms with Crippen LogP contribution in [0.3, 0.4) is 0 Å². The van der Waals surface area contributed by atoms with Crippen LogP contribution in [0.15, 0.2) is 0 Å². The molecule has 0 saturated carbocycles. The van der Waals surface area contributed by atoms with Gasteiger partial charge in [-0.05, 0) is 12.8 Å². The van der Waals surface area contributed by atoms with Crippen LogP contribution in [0.5, 0.6) is 0 Å². The van der Waals surface area contributed by atoms with Crippen LogP contribution in [0.25, 0.3) is 0 Å². The van der Waals surface area contributed by atoms with E-state index in [9.17, 15) is 12.6 Å². The molecule has 66 valence electrons. The van der Waals surface area contributed by atoms with Crippen molar-refractivity contribution in [3.63, 3.8) is 0 Å². The van der Waals surface area contributed by atoms with Crippen molar-refractivity contribution in [2.45, 2.75) is 16.4 Å². The maximum absolute atomic E-state index is 11.1. The van der Waals surface area contributed by atoms with Crippen LogP contribution in [-0.4, -0.2) is 21.9 Å². The molecule has 2 atom stereocenters. The Morgan fingerprint density at radius 3 is 2.27 bits per heavy atom. The van der Waals surface area contributed by atoms with E-state index in [0.29, 0.717) is 6.42 Å². The van der Waals surface area contributed by atoms with E-state index in [-0.39, 0.29) is 12.2 Å². The van der Waals surface area contributed by atoms with Gasteiger partial charge in [0.15, 0.2) is 9.84 Å². The maximum Gasteiger partial charge on any atom is 0.233 e. The van der Waals surface area contributed by atoms with Gasteiger partial charge >= 0.3 is 0 Å². The molecule has 0 spiro atoms. The van der Waals surface area contributed by atoms with Gasteiger partial charge in [-0.15, -0.1) is 0 Å². The monoisotopic (exact) mass is 217 g/mol. The second-order valence-electron chi connectivity index (χ2n) is 2.38. The highest BCUT2D eigenvalue weighted by Crippen LogP contribution is 2.37. The molecule has 0 bridgehead atoms. The molecule has 1 aliphatic rings. The molecular weight excluding hydrogens is 210 g/mol. The molecule has 2 unspecified atom stereocenters. The fraction of sp³-hybridized carbons (Fsp3) is 1.00. The van der Waals surface area contributed by atoms with Crippen molar-refractivity contribution in [1.29, 1.82) is 0 Å². The summed E-state index contributed by atoms with van der Waals surface area (Å²) in [4.78, 5) is 0. The minimum Gasteiger partial charge on any atom is -0.249 e. The quantitative estimate of drug-likeness (QED) is 0.614. The van der Waals surface area contributed by atoms with Crippen LogP contribution >= 0.6 is 11.6 Å². The highest BCUT2D eigenvalue weighted by molar-refractivity contribution is 8.09. The molecule has 4 nitrogen and oxygen atoms in total. The number of nitrogens with two attached hydrogens (primary N) is 1. The highest BCUT2D eigenvalue weighted by atomic mass is 35.5. The normalized spacial score (nSPS) is 38.7. The van der Waals surface area contributed by atoms with E-state index in [4.69, 9.17) is 16.7 Å². The topological polar surface area (TPSA) is 77.2 Å². The smallest absolute Gasteiger partial charge is 0.233 e. The molecular formula is C4H8ClNO3S2. The standard InChI is InChI=1S/C4H8ClNO3S2/c5-4(10(6)7)2-1-3-11(4,8)9/h1-3,6H2. The summed E-state index contributed by atoms with van der Waals surface area (Å²) in [5.41, 5.74) is 0. The Morgan fingerprint density at radius 2 is 2.09 bits per heavy atom. The zero-order valence-electron chi connectivity index (χ0n) is 5.62. The van der Waals surface area contributed by atoms with Crippen molar-refractivity contribution < 1.29 is 12.6 Å². The van der Waals surface area contributed by atoms with Gasteiger partial charge in [0.25, 0.3) is 0 Å². The van der Waals surface area contributed by atoms with E-state index in [2.05, 4.69) is 0 Å². The highest BCUT2D eigenvalue weighted by Gasteiger charge is 2.50. The van der Waals surface area contributed by atoms with Crippen LogP contribution in [0.4, 0.5) is 0 Å². The van der Waals surface area contributed by atoms with Gasteiger partial charge in [-0.1, -0.05) is 11.6 Å². The Kier molecular flexibility index (Phi) is 2.31. The number of hydrogen-bond acceptors (Lipinski definition) is 3. The molecule has 7 heteroatoms. The van der Waals surface area contributed by atoms with E-state index in [1.807, 2.05) is 0 Å². The summed E-state index contributed by atoms with van der Waals surface area (Å²) in [6.45, 7) is 0. The molecule has 11 heavy (non-hydrogen) atoms. The van der Waals surface area contributed by atoms with E-state index in [1.54, 1.807) is 0 Å². The fourth-order valence-corrected chi connectivity index (χ4v) is 4.25. The second-order valence-corrected chi connectivity index (χ2v) is 7.36. The van der Waals surface area contributed by atoms with Gasteiger partial charge < -0.3 is 0 Å². The Balaban J connectivity index is 3.14. The maximum atomic E-state index is 11.1. The third kappa shape index (κ3) is 1.32. The zero-order valence-corrected chi connectivity index (χ0v) is 8.01. The summed E-state index contributed by atoms with van der Waals surface area (Å²) in [5, 5.41) is 4.97. The lowest BCUT2D eigenvalue weighted by molar-refractivity contribution is 0.595. The van der Waals surface area contributed by atoms with Crippen LogP contribution < -0.4 is 5.14 Å². The lowest BCUT2D eigenvalue weighted by Gasteiger charge is -2.15. The second kappa shape index (κ2) is 2.69. The molecule has 1 heterocycles. The van der Waals surface area contributed by atoms with E-state index in [0.717, 1.165) is 0 Å². The van der Waals surface area contributed by atoms with Crippen LogP contribution in [0.1, 0.15) is 12.8 Å². The molecule has 2 N–H and O–H groups in total. The number of hydrogen-bond donors (Lipinski definition) is 1. The zero-order chi connectivity index (χ0) is 8.70. The Bertz CT molecular complexity index is 288. The summed E-state index contributed by atoms with van der Waals surface area (Å²) in [6.07, 6.45) is 0.620. The lowest BCUT2D eigenvalue weighted by Crippen LogP contribution is -2.37. The third-order valence-electron chi connectivity index (χ3n) is 1.65. The van der Waals surface area contributed by atoms with Gasteiger partial charge in [0.2, 0.25) is 3.54 Å². The molecule has 1 fully saturated rings. The molecule has 1 aliphatic heterocycles. The summed E-state index contributed by atoms with van der Waals surface area (Å²) >= 11 is 5.58. The average molecular weight is 218 g/mol. The number of sulfone groups is 1. The average Bonchev–Trinajstić information content (AvgIpc) is 2.09. The first-order valence-corrected chi connectivity index (χ1v) is 6.22. The predicted octanol–water partition coefficient (Wildman–Crippen LogP) is -0.290. The molecule has 1 saturated heterocycles. The molecule has 0 amide bonds. The van der Waals surface area contributed by atoms with Crippen molar-refractivity contribution in [3.05, 3.63) is 0 Å². The molecule has 0 radical (unpaired) electrons. The van der Waals surface area contributed by atoms with Gasteiger partial charge in [0.05, 0.1) is 5.75 Å². The van der Waals surface area contributed by atoms with Crippen LogP contribution in [0.2, 0.25) is 0 Å². The van der Waals surface area contributed by atoms with E-state index < -0.39 is 24.4 Å².